The third-order valence-corrected chi connectivity index (χ3v) is 17.5. The number of hydrogen-bond acceptors (Lipinski definition) is 15. The molecule has 0 amide bonds. The molecule has 0 radical (unpaired) electrons. The summed E-state index contributed by atoms with van der Waals surface area (Å²) in [6, 6.07) is 19.7. The number of allylic oxidation sites excluding steroid dienone is 3. The molecule has 0 bridgehead atoms. The fraction of sp³-hybridized carbons (Fsp3) is 0.600. The smallest absolute Gasteiger partial charge is 0.302 e. The van der Waals surface area contributed by atoms with Crippen molar-refractivity contribution in [3.05, 3.63) is 107 Å². The third kappa shape index (κ3) is 23.4. The van der Waals surface area contributed by atoms with Crippen molar-refractivity contribution in [1.82, 2.24) is 0 Å². The van der Waals surface area contributed by atoms with Gasteiger partial charge in [-0.15, -0.1) is 0 Å². The van der Waals surface area contributed by atoms with Gasteiger partial charge in [-0.25, -0.2) is 0 Å². The highest BCUT2D eigenvalue weighted by Gasteiger charge is 2.34. The van der Waals surface area contributed by atoms with E-state index < -0.39 is 30.9 Å². The molecule has 5 aliphatic carbocycles. The van der Waals surface area contributed by atoms with Crippen LogP contribution in [0.4, 0.5) is 0 Å². The quantitative estimate of drug-likeness (QED) is 0.0534. The number of aliphatic hydroxyl groups is 3. The van der Waals surface area contributed by atoms with E-state index >= 15 is 0 Å². The number of hydrogen-bond donors (Lipinski definition) is 3. The normalized spacial score (nSPS) is 26.4. The maximum atomic E-state index is 14.1. The van der Waals surface area contributed by atoms with Gasteiger partial charge in [-0.05, 0) is 78.1 Å². The minimum Gasteiger partial charge on any atom is -0.462 e. The van der Waals surface area contributed by atoms with Crippen molar-refractivity contribution in [3.8, 4) is 0 Å². The van der Waals surface area contributed by atoms with Crippen LogP contribution in [0.25, 0.3) is 0 Å². The first kappa shape index (κ1) is 66.0. The zero-order chi connectivity index (χ0) is 56.0. The highest BCUT2D eigenvalue weighted by Crippen LogP contribution is 2.44. The van der Waals surface area contributed by atoms with E-state index in [9.17, 15) is 34.0 Å². The fourth-order valence-electron chi connectivity index (χ4n) is 10.3. The number of ether oxygens (including phenoxy) is 7. The summed E-state index contributed by atoms with van der Waals surface area (Å²) in [5.74, 6) is -1.84. The van der Waals surface area contributed by atoms with Crippen LogP contribution >= 0.6 is 7.14 Å². The van der Waals surface area contributed by atoms with E-state index in [0.29, 0.717) is 24.8 Å². The van der Waals surface area contributed by atoms with Crippen LogP contribution in [0.2, 0.25) is 0 Å². The first-order valence-electron chi connectivity index (χ1n) is 26.7. The van der Waals surface area contributed by atoms with Gasteiger partial charge in [-0.3, -0.25) is 19.2 Å². The van der Waals surface area contributed by atoms with Crippen molar-refractivity contribution < 1.29 is 72.2 Å². The standard InChI is InChI=1S/C22H27O3P.C10H12O5.C10H18O3.C10H18O2.C8H14O2/c1-24-19-15-18(16-20(17-19)25-2)13-14-26(23,21-9-5-3-6-10-21)22-11-7-4-8-12-22;1-6(12)15-9-3-7(10(14)5-11)2-8(13)4-9;1-12-9-5-8(3-4-11)6-10(7-9)13-2;1-4-8-5-9(11-2)7-10(6-8)12-3;1-2-6-3-7(9)5-8(10)4-6/h3-13,19-20H,14-17H2,1-2H3;5,7,9H,2-4H2,1H3;3,9-11H,4-7H2,1-2H3;4,9-10H,5-7H2,1-3H3;2,7-10H,3-5H2,1H3/t;;;;7-,8-/m....1/s1. The summed E-state index contributed by atoms with van der Waals surface area (Å²) >= 11 is 0. The third-order valence-electron chi connectivity index (χ3n) is 14.6. The first-order valence-corrected chi connectivity index (χ1v) is 28.5. The molecule has 7 rings (SSSR count). The molecule has 424 valence electrons. The predicted molar refractivity (Wildman–Crippen MR) is 297 cm³/mol. The Kier molecular flexibility index (Phi) is 31.3. The highest BCUT2D eigenvalue weighted by atomic mass is 31.2. The largest absolute Gasteiger partial charge is 0.462 e. The lowest BCUT2D eigenvalue weighted by atomic mass is 9.84. The van der Waals surface area contributed by atoms with Crippen LogP contribution in [0.3, 0.4) is 0 Å². The Morgan fingerprint density at radius 3 is 1.28 bits per heavy atom. The van der Waals surface area contributed by atoms with Gasteiger partial charge in [0.25, 0.3) is 0 Å². The van der Waals surface area contributed by atoms with Crippen LogP contribution in [-0.4, -0.2) is 150 Å². The maximum Gasteiger partial charge on any atom is 0.302 e. The zero-order valence-corrected chi connectivity index (χ0v) is 47.5. The van der Waals surface area contributed by atoms with E-state index in [2.05, 4.69) is 19.1 Å². The van der Waals surface area contributed by atoms with Crippen LogP contribution in [-0.2, 0) is 56.9 Å². The van der Waals surface area contributed by atoms with Crippen molar-refractivity contribution in [2.24, 2.45) is 5.92 Å². The summed E-state index contributed by atoms with van der Waals surface area (Å²) in [6.45, 7) is 5.39. The molecule has 16 heteroatoms. The Hall–Kier alpha value is -4.25. The van der Waals surface area contributed by atoms with E-state index in [1.807, 2.05) is 79.7 Å². The average molecular weight is 1080 g/mol. The maximum absolute atomic E-state index is 14.1. The van der Waals surface area contributed by atoms with Gasteiger partial charge in [-0.2, -0.15) is 0 Å². The Labute approximate surface area is 452 Å². The summed E-state index contributed by atoms with van der Waals surface area (Å²) in [6.07, 6.45) is 20.5. The van der Waals surface area contributed by atoms with Gasteiger partial charge in [0.1, 0.15) is 19.0 Å². The topological polar surface area (TPSA) is 211 Å². The second-order valence-electron chi connectivity index (χ2n) is 20.1. The summed E-state index contributed by atoms with van der Waals surface area (Å²) < 4.78 is 51.3. The van der Waals surface area contributed by atoms with Crippen molar-refractivity contribution in [2.45, 2.75) is 172 Å². The summed E-state index contributed by atoms with van der Waals surface area (Å²) in [5.41, 5.74) is 5.15. The van der Waals surface area contributed by atoms with Crippen molar-refractivity contribution >= 4 is 41.6 Å². The predicted octanol–water partition coefficient (Wildman–Crippen LogP) is 8.30. The molecule has 10 atom stereocenters. The monoisotopic (exact) mass is 1080 g/mol. The Balaban J connectivity index is 0.000000263. The molecule has 0 aliphatic heterocycles. The highest BCUT2D eigenvalue weighted by molar-refractivity contribution is 7.78. The molecular weight excluding hydrogens is 992 g/mol. The summed E-state index contributed by atoms with van der Waals surface area (Å²) in [5, 5.41) is 29.0. The molecule has 76 heavy (non-hydrogen) atoms. The molecule has 3 N–H and O–H groups in total. The number of benzene rings is 2. The number of esters is 1. The minimum atomic E-state index is -2.71. The summed E-state index contributed by atoms with van der Waals surface area (Å²) in [7, 11) is 7.78. The molecule has 0 spiro atoms. The molecule has 15 nitrogen and oxygen atoms in total. The van der Waals surface area contributed by atoms with Crippen molar-refractivity contribution in [1.29, 1.82) is 0 Å². The second kappa shape index (κ2) is 36.0. The van der Waals surface area contributed by atoms with Crippen LogP contribution in [0.5, 0.6) is 0 Å². The van der Waals surface area contributed by atoms with E-state index in [4.69, 9.17) is 38.3 Å². The molecule has 8 unspecified atom stereocenters. The van der Waals surface area contributed by atoms with Gasteiger partial charge < -0.3 is 53.0 Å². The van der Waals surface area contributed by atoms with Gasteiger partial charge in [0, 0.05) is 104 Å². The SMILES string of the molecule is CC(=O)OC1CC(=O)CC(C(=O)C=O)C1.CC=C1CC(OC)CC(OC)C1.CC=C1C[C@@H](O)C[C@H](O)C1.COC1CC(=CCO)CC(OC)C1.COC1CC(=CCP(=O)(c2ccccc2)c2ccccc2)CC(OC)C1. The number of aldehydes is 1. The number of carbonyl (C=O) groups is 4. The van der Waals surface area contributed by atoms with E-state index in [-0.39, 0.29) is 74.6 Å². The molecule has 2 aromatic rings. The average Bonchev–Trinajstić information content (AvgIpc) is 3.44. The number of methoxy groups -OCH3 is 6. The first-order chi connectivity index (χ1) is 36.5. The van der Waals surface area contributed by atoms with Gasteiger partial charge in [0.05, 0.1) is 55.4 Å². The molecule has 0 heterocycles. The van der Waals surface area contributed by atoms with Gasteiger partial charge in [0.15, 0.2) is 12.1 Å². The lowest BCUT2D eigenvalue weighted by Gasteiger charge is -2.30. The number of aliphatic hydroxyl groups excluding tert-OH is 3. The lowest BCUT2D eigenvalue weighted by molar-refractivity contribution is -0.152. The zero-order valence-electron chi connectivity index (χ0n) is 46.6. The molecular formula is C60H89O15P. The summed E-state index contributed by atoms with van der Waals surface area (Å²) in [4.78, 5) is 43.3. The fourth-order valence-corrected chi connectivity index (χ4v) is 12.8. The van der Waals surface area contributed by atoms with Crippen LogP contribution in [0.15, 0.2) is 107 Å². The van der Waals surface area contributed by atoms with Gasteiger partial charge >= 0.3 is 5.97 Å². The molecule has 0 saturated heterocycles. The van der Waals surface area contributed by atoms with Crippen LogP contribution in [0.1, 0.15) is 117 Å². The second-order valence-corrected chi connectivity index (χ2v) is 22.9. The number of Topliss-reactive ketones (excluding diaryl/α,β-unsaturated/α-hetero) is 2. The Morgan fingerprint density at radius 1 is 0.539 bits per heavy atom. The molecule has 5 saturated carbocycles. The number of ketones is 2. The van der Waals surface area contributed by atoms with E-state index in [1.165, 1.54) is 29.2 Å². The molecule has 5 aliphatic rings. The van der Waals surface area contributed by atoms with Gasteiger partial charge in [-0.1, -0.05) is 107 Å². The Morgan fingerprint density at radius 2 is 0.921 bits per heavy atom. The van der Waals surface area contributed by atoms with Crippen LogP contribution in [0, 0.1) is 5.92 Å². The van der Waals surface area contributed by atoms with Crippen LogP contribution < -0.4 is 10.6 Å². The lowest BCUT2D eigenvalue weighted by Crippen LogP contribution is -2.34. The van der Waals surface area contributed by atoms with Crippen molar-refractivity contribution in [2.75, 3.05) is 55.4 Å². The molecule has 5 fully saturated rings. The molecule has 2 aromatic carbocycles. The minimum absolute atomic E-state index is 0.0787. The number of rotatable bonds is 14. The number of carbonyl (C=O) groups excluding carboxylic acids is 4. The molecule has 0 aromatic heterocycles. The van der Waals surface area contributed by atoms with E-state index in [1.54, 1.807) is 42.7 Å². The Bertz CT molecular complexity index is 2110. The van der Waals surface area contributed by atoms with E-state index in [0.717, 1.165) is 81.2 Å². The van der Waals surface area contributed by atoms with Crippen molar-refractivity contribution in [3.63, 3.8) is 0 Å². The van der Waals surface area contributed by atoms with Gasteiger partial charge in [0.2, 0.25) is 0 Å².